The highest BCUT2D eigenvalue weighted by Gasteiger charge is 2.25. The number of carbonyl (C=O) groups is 2. The average Bonchev–Trinajstić information content (AvgIpc) is 3.11. The molecule has 294 valence electrons. The second-order valence-corrected chi connectivity index (χ2v) is 14.2. The molecule has 0 aromatic rings. The van der Waals surface area contributed by atoms with Crippen LogP contribution in [-0.4, -0.2) is 49.3 Å². The third-order valence-electron chi connectivity index (χ3n) is 7.92. The van der Waals surface area contributed by atoms with E-state index in [1.807, 2.05) is 0 Å². The third kappa shape index (κ3) is 37.3. The number of hydrogen-bond acceptors (Lipinski definition) is 8. The van der Waals surface area contributed by atoms with Crippen LogP contribution in [0.25, 0.3) is 0 Å². The lowest BCUT2D eigenvalue weighted by Crippen LogP contribution is -2.29. The van der Waals surface area contributed by atoms with E-state index < -0.39 is 32.5 Å². The van der Waals surface area contributed by atoms with Crippen molar-refractivity contribution in [2.45, 2.75) is 161 Å². The van der Waals surface area contributed by atoms with Gasteiger partial charge in [-0.25, -0.2) is 4.57 Å². The molecule has 3 N–H and O–H groups in total. The summed E-state index contributed by atoms with van der Waals surface area (Å²) in [5.74, 6) is -0.871. The van der Waals surface area contributed by atoms with Gasteiger partial charge in [0.1, 0.15) is 6.61 Å². The molecular formula is C41H72NO8P. The van der Waals surface area contributed by atoms with Gasteiger partial charge in [-0.3, -0.25) is 18.6 Å². The lowest BCUT2D eigenvalue weighted by Gasteiger charge is -2.19. The molecule has 0 saturated carbocycles. The lowest BCUT2D eigenvalue weighted by molar-refractivity contribution is -0.161. The number of nitrogens with two attached hydrogens (primary N) is 1. The number of carbonyl (C=O) groups excluding carboxylic acids is 2. The summed E-state index contributed by atoms with van der Waals surface area (Å²) in [5.41, 5.74) is 5.33. The number of rotatable bonds is 36. The number of unbranched alkanes of at least 4 members (excludes halogenated alkanes) is 13. The van der Waals surface area contributed by atoms with Crippen LogP contribution >= 0.6 is 7.82 Å². The van der Waals surface area contributed by atoms with Gasteiger partial charge in [0.15, 0.2) is 6.10 Å². The van der Waals surface area contributed by atoms with Crippen molar-refractivity contribution in [1.29, 1.82) is 0 Å². The summed E-state index contributed by atoms with van der Waals surface area (Å²) in [6.45, 7) is 3.55. The van der Waals surface area contributed by atoms with E-state index in [1.54, 1.807) is 0 Å². The Morgan fingerprint density at radius 3 is 1.61 bits per heavy atom. The Labute approximate surface area is 310 Å². The van der Waals surface area contributed by atoms with Crippen molar-refractivity contribution >= 4 is 19.8 Å². The smallest absolute Gasteiger partial charge is 0.462 e. The summed E-state index contributed by atoms with van der Waals surface area (Å²) in [4.78, 5) is 34.7. The van der Waals surface area contributed by atoms with E-state index in [0.29, 0.717) is 6.42 Å². The molecule has 0 rings (SSSR count). The van der Waals surface area contributed by atoms with Crippen LogP contribution in [0.4, 0.5) is 0 Å². The first kappa shape index (κ1) is 48.7. The van der Waals surface area contributed by atoms with E-state index in [2.05, 4.69) is 74.6 Å². The highest BCUT2D eigenvalue weighted by atomic mass is 31.2. The Morgan fingerprint density at radius 2 is 1.08 bits per heavy atom. The molecule has 2 atom stereocenters. The monoisotopic (exact) mass is 737 g/mol. The topological polar surface area (TPSA) is 134 Å². The highest BCUT2D eigenvalue weighted by molar-refractivity contribution is 7.47. The first-order valence-electron chi connectivity index (χ1n) is 19.8. The van der Waals surface area contributed by atoms with Crippen LogP contribution < -0.4 is 5.73 Å². The summed E-state index contributed by atoms with van der Waals surface area (Å²) in [7, 11) is -4.38. The molecule has 0 bridgehead atoms. The van der Waals surface area contributed by atoms with E-state index in [9.17, 15) is 19.0 Å². The zero-order chi connectivity index (χ0) is 37.5. The molecule has 0 radical (unpaired) electrons. The van der Waals surface area contributed by atoms with E-state index in [1.165, 1.54) is 51.4 Å². The molecule has 0 heterocycles. The Kier molecular flexibility index (Phi) is 35.8. The number of hydrogen-bond donors (Lipinski definition) is 2. The van der Waals surface area contributed by atoms with E-state index >= 15 is 0 Å². The second kappa shape index (κ2) is 37.5. The molecule has 51 heavy (non-hydrogen) atoms. The molecule has 0 aliphatic rings. The number of allylic oxidation sites excluding steroid dienone is 10. The quantitative estimate of drug-likeness (QED) is 0.0279. The minimum atomic E-state index is -4.38. The van der Waals surface area contributed by atoms with Gasteiger partial charge in [-0.15, -0.1) is 0 Å². The van der Waals surface area contributed by atoms with Crippen molar-refractivity contribution in [3.05, 3.63) is 60.8 Å². The third-order valence-corrected chi connectivity index (χ3v) is 8.90. The molecular weight excluding hydrogens is 665 g/mol. The average molecular weight is 738 g/mol. The van der Waals surface area contributed by atoms with Crippen molar-refractivity contribution < 1.29 is 37.6 Å². The number of ether oxygens (including phenoxy) is 2. The van der Waals surface area contributed by atoms with Crippen molar-refractivity contribution in [2.24, 2.45) is 5.73 Å². The molecule has 0 saturated heterocycles. The first-order chi connectivity index (χ1) is 24.8. The van der Waals surface area contributed by atoms with Crippen molar-refractivity contribution in [3.63, 3.8) is 0 Å². The van der Waals surface area contributed by atoms with Crippen LogP contribution in [0, 0.1) is 0 Å². The van der Waals surface area contributed by atoms with Gasteiger partial charge in [0, 0.05) is 19.4 Å². The maximum absolute atomic E-state index is 12.5. The summed E-state index contributed by atoms with van der Waals surface area (Å²) >= 11 is 0. The van der Waals surface area contributed by atoms with Gasteiger partial charge in [-0.05, 0) is 57.8 Å². The van der Waals surface area contributed by atoms with Gasteiger partial charge < -0.3 is 20.1 Å². The van der Waals surface area contributed by atoms with E-state index in [4.69, 9.17) is 24.3 Å². The van der Waals surface area contributed by atoms with E-state index in [-0.39, 0.29) is 32.6 Å². The molecule has 0 fully saturated rings. The minimum Gasteiger partial charge on any atom is -0.462 e. The molecule has 0 aromatic carbocycles. The molecule has 0 spiro atoms. The molecule has 2 unspecified atom stereocenters. The van der Waals surface area contributed by atoms with Crippen molar-refractivity contribution in [1.82, 2.24) is 0 Å². The fourth-order valence-electron chi connectivity index (χ4n) is 5.01. The molecule has 0 aromatic heterocycles. The van der Waals surface area contributed by atoms with Crippen LogP contribution in [0.1, 0.15) is 155 Å². The van der Waals surface area contributed by atoms with Crippen molar-refractivity contribution in [2.75, 3.05) is 26.4 Å². The van der Waals surface area contributed by atoms with Gasteiger partial charge in [0.2, 0.25) is 0 Å². The fraction of sp³-hybridized carbons (Fsp3) is 0.707. The van der Waals surface area contributed by atoms with Crippen LogP contribution in [-0.2, 0) is 32.7 Å². The fourth-order valence-corrected chi connectivity index (χ4v) is 5.78. The summed E-state index contributed by atoms with van der Waals surface area (Å²) in [6.07, 6.45) is 42.5. The molecule has 0 aliphatic carbocycles. The number of esters is 2. The largest absolute Gasteiger partial charge is 0.472 e. The SMILES string of the molecule is CCC=CCC=CCC=CCC=CCC=CCCCCCC(=O)OC(COC(=O)CCCCCCCCCCCCC)COP(=O)(O)OCCN. The Bertz CT molecular complexity index is 1020. The maximum atomic E-state index is 12.5. The normalized spacial score (nSPS) is 14.0. The van der Waals surface area contributed by atoms with Crippen LogP contribution in [0.3, 0.4) is 0 Å². The highest BCUT2D eigenvalue weighted by Crippen LogP contribution is 2.43. The zero-order valence-corrected chi connectivity index (χ0v) is 33.0. The number of phosphoric acid groups is 1. The van der Waals surface area contributed by atoms with E-state index in [0.717, 1.165) is 70.6 Å². The minimum absolute atomic E-state index is 0.0457. The second-order valence-electron chi connectivity index (χ2n) is 12.8. The molecule has 0 aliphatic heterocycles. The van der Waals surface area contributed by atoms with Crippen LogP contribution in [0.15, 0.2) is 60.8 Å². The molecule has 10 heteroatoms. The predicted octanol–water partition coefficient (Wildman–Crippen LogP) is 10.9. The van der Waals surface area contributed by atoms with Crippen molar-refractivity contribution in [3.8, 4) is 0 Å². The summed E-state index contributed by atoms with van der Waals surface area (Å²) < 4.78 is 32.6. The lowest BCUT2D eigenvalue weighted by atomic mass is 10.1. The van der Waals surface area contributed by atoms with Crippen LogP contribution in [0.2, 0.25) is 0 Å². The Morgan fingerprint density at radius 1 is 0.608 bits per heavy atom. The first-order valence-corrected chi connectivity index (χ1v) is 21.3. The van der Waals surface area contributed by atoms with Gasteiger partial charge in [-0.1, -0.05) is 145 Å². The molecule has 9 nitrogen and oxygen atoms in total. The Balaban J connectivity index is 4.28. The Hall–Kier alpha value is -2.29. The van der Waals surface area contributed by atoms with Gasteiger partial charge in [0.25, 0.3) is 0 Å². The maximum Gasteiger partial charge on any atom is 0.472 e. The van der Waals surface area contributed by atoms with Crippen LogP contribution in [0.5, 0.6) is 0 Å². The predicted molar refractivity (Wildman–Crippen MR) is 210 cm³/mol. The summed E-state index contributed by atoms with van der Waals surface area (Å²) in [5, 5.41) is 0. The zero-order valence-electron chi connectivity index (χ0n) is 32.1. The standard InChI is InChI=1S/C41H72NO8P/c1-3-5-7-9-11-13-15-16-17-18-19-20-21-22-24-26-28-30-32-34-41(44)50-39(38-49-51(45,46)48-36-35-42)37-47-40(43)33-31-29-27-25-23-14-12-10-8-6-4-2/h5,7,11,13,16-17,19-20,22,24,39H,3-4,6,8-10,12,14-15,18,21,23,25-38,42H2,1-2H3,(H,45,46). The number of phosphoric ester groups is 1. The van der Waals surface area contributed by atoms with Gasteiger partial charge in [-0.2, -0.15) is 0 Å². The van der Waals surface area contributed by atoms with Gasteiger partial charge >= 0.3 is 19.8 Å². The molecule has 0 amide bonds. The van der Waals surface area contributed by atoms with Gasteiger partial charge in [0.05, 0.1) is 13.2 Å². The summed E-state index contributed by atoms with van der Waals surface area (Å²) in [6, 6.07) is 0.